The van der Waals surface area contributed by atoms with Gasteiger partial charge in [-0.3, -0.25) is 9.59 Å². The summed E-state index contributed by atoms with van der Waals surface area (Å²) < 4.78 is 41.6. The SMILES string of the molecule is Cc1cccc(N2C(=O)C(Nc3cccc(OC(F)(F)F)c3)=C(c3cccs3)C2=O)c1. The average molecular weight is 444 g/mol. The Morgan fingerprint density at radius 3 is 2.42 bits per heavy atom. The predicted octanol–water partition coefficient (Wildman–Crippen LogP) is 5.35. The van der Waals surface area contributed by atoms with Gasteiger partial charge in [0.05, 0.1) is 11.3 Å². The van der Waals surface area contributed by atoms with Crippen LogP contribution in [0.3, 0.4) is 0 Å². The molecule has 4 rings (SSSR count). The number of halogens is 3. The van der Waals surface area contributed by atoms with Crippen molar-refractivity contribution in [2.45, 2.75) is 13.3 Å². The predicted molar refractivity (Wildman–Crippen MR) is 112 cm³/mol. The summed E-state index contributed by atoms with van der Waals surface area (Å²) in [5.41, 5.74) is 1.60. The van der Waals surface area contributed by atoms with E-state index in [9.17, 15) is 22.8 Å². The minimum absolute atomic E-state index is 0.0156. The minimum atomic E-state index is -4.85. The number of nitrogens with zero attached hydrogens (tertiary/aromatic N) is 1. The first kappa shape index (κ1) is 20.7. The van der Waals surface area contributed by atoms with Gasteiger partial charge in [-0.2, -0.15) is 0 Å². The van der Waals surface area contributed by atoms with E-state index in [1.54, 1.807) is 35.7 Å². The van der Waals surface area contributed by atoms with Crippen molar-refractivity contribution in [1.29, 1.82) is 0 Å². The Bertz CT molecular complexity index is 1190. The van der Waals surface area contributed by atoms with Crippen LogP contribution >= 0.6 is 11.3 Å². The fraction of sp³-hybridized carbons (Fsp3) is 0.0909. The van der Waals surface area contributed by atoms with Crippen molar-refractivity contribution in [1.82, 2.24) is 0 Å². The number of carbonyl (C=O) groups is 2. The number of alkyl halides is 3. The van der Waals surface area contributed by atoms with Gasteiger partial charge in [-0.15, -0.1) is 24.5 Å². The quantitative estimate of drug-likeness (QED) is 0.539. The third-order valence-corrected chi connectivity index (χ3v) is 5.34. The summed E-state index contributed by atoms with van der Waals surface area (Å²) in [5, 5.41) is 4.60. The van der Waals surface area contributed by atoms with Crippen LogP contribution in [0.1, 0.15) is 10.4 Å². The number of hydrogen-bond donors (Lipinski definition) is 1. The van der Waals surface area contributed by atoms with E-state index in [1.165, 1.54) is 23.5 Å². The molecule has 1 aliphatic rings. The molecule has 0 atom stereocenters. The number of rotatable bonds is 5. The Hall–Kier alpha value is -3.59. The van der Waals surface area contributed by atoms with E-state index in [0.717, 1.165) is 22.6 Å². The highest BCUT2D eigenvalue weighted by molar-refractivity contribution is 7.11. The molecule has 3 aromatic rings. The molecule has 0 unspecified atom stereocenters. The molecule has 0 aliphatic carbocycles. The molecule has 1 N–H and O–H groups in total. The topological polar surface area (TPSA) is 58.6 Å². The molecular weight excluding hydrogens is 429 g/mol. The van der Waals surface area contributed by atoms with Gasteiger partial charge in [0.15, 0.2) is 0 Å². The normalized spacial score (nSPS) is 14.4. The highest BCUT2D eigenvalue weighted by Crippen LogP contribution is 2.36. The third-order valence-electron chi connectivity index (χ3n) is 4.45. The molecule has 158 valence electrons. The lowest BCUT2D eigenvalue weighted by Gasteiger charge is -2.16. The van der Waals surface area contributed by atoms with Crippen LogP contribution in [0.25, 0.3) is 5.57 Å². The van der Waals surface area contributed by atoms with Crippen LogP contribution in [0, 0.1) is 6.92 Å². The molecule has 0 saturated carbocycles. The van der Waals surface area contributed by atoms with Crippen molar-refractivity contribution in [3.8, 4) is 5.75 Å². The maximum atomic E-state index is 13.2. The average Bonchev–Trinajstić information content (AvgIpc) is 3.28. The van der Waals surface area contributed by atoms with Gasteiger partial charge in [0.2, 0.25) is 0 Å². The fourth-order valence-corrected chi connectivity index (χ4v) is 3.98. The number of ether oxygens (including phenoxy) is 1. The van der Waals surface area contributed by atoms with Crippen LogP contribution in [0.2, 0.25) is 0 Å². The number of nitrogens with one attached hydrogen (secondary N) is 1. The zero-order valence-corrected chi connectivity index (χ0v) is 16.9. The maximum absolute atomic E-state index is 13.2. The van der Waals surface area contributed by atoms with Crippen molar-refractivity contribution < 1.29 is 27.5 Å². The van der Waals surface area contributed by atoms with E-state index in [4.69, 9.17) is 0 Å². The van der Waals surface area contributed by atoms with E-state index in [0.29, 0.717) is 10.6 Å². The van der Waals surface area contributed by atoms with Crippen LogP contribution in [0.15, 0.2) is 71.7 Å². The monoisotopic (exact) mass is 444 g/mol. The lowest BCUT2D eigenvalue weighted by molar-refractivity contribution is -0.274. The molecule has 2 aromatic carbocycles. The van der Waals surface area contributed by atoms with Gasteiger partial charge in [0.1, 0.15) is 11.4 Å². The lowest BCUT2D eigenvalue weighted by Crippen LogP contribution is -2.32. The molecule has 1 aromatic heterocycles. The first-order chi connectivity index (χ1) is 14.7. The van der Waals surface area contributed by atoms with Crippen molar-refractivity contribution in [3.05, 3.63) is 82.2 Å². The Kier molecular flexibility index (Phi) is 5.28. The number of thiophene rings is 1. The summed E-state index contributed by atoms with van der Waals surface area (Å²) in [6, 6.07) is 15.5. The summed E-state index contributed by atoms with van der Waals surface area (Å²) in [6.45, 7) is 1.84. The second-order valence-corrected chi connectivity index (χ2v) is 7.66. The molecule has 5 nitrogen and oxygen atoms in total. The van der Waals surface area contributed by atoms with Crippen LogP contribution < -0.4 is 15.0 Å². The second kappa shape index (κ2) is 7.92. The molecule has 0 bridgehead atoms. The molecular formula is C22H15F3N2O3S. The van der Waals surface area contributed by atoms with Crippen molar-refractivity contribution in [2.75, 3.05) is 10.2 Å². The van der Waals surface area contributed by atoms with E-state index < -0.39 is 23.9 Å². The Balaban J connectivity index is 1.74. The molecule has 0 saturated heterocycles. The fourth-order valence-electron chi connectivity index (χ4n) is 3.21. The van der Waals surface area contributed by atoms with E-state index in [1.807, 2.05) is 13.0 Å². The maximum Gasteiger partial charge on any atom is 0.573 e. The third kappa shape index (κ3) is 4.31. The Morgan fingerprint density at radius 1 is 0.968 bits per heavy atom. The van der Waals surface area contributed by atoms with Crippen molar-refractivity contribution in [3.63, 3.8) is 0 Å². The number of benzene rings is 2. The molecule has 2 heterocycles. The molecule has 9 heteroatoms. The Labute approximate surface area is 179 Å². The van der Waals surface area contributed by atoms with Crippen LogP contribution in [0.5, 0.6) is 5.75 Å². The zero-order chi connectivity index (χ0) is 22.2. The molecule has 1 aliphatic heterocycles. The van der Waals surface area contributed by atoms with Crippen LogP contribution in [-0.4, -0.2) is 18.2 Å². The van der Waals surface area contributed by atoms with Gasteiger partial charge in [-0.1, -0.05) is 24.3 Å². The van der Waals surface area contributed by atoms with Gasteiger partial charge in [0.25, 0.3) is 11.8 Å². The van der Waals surface area contributed by atoms with Gasteiger partial charge in [-0.25, -0.2) is 4.90 Å². The van der Waals surface area contributed by atoms with Crippen LogP contribution in [0.4, 0.5) is 24.5 Å². The van der Waals surface area contributed by atoms with Crippen molar-refractivity contribution in [2.24, 2.45) is 0 Å². The van der Waals surface area contributed by atoms with Crippen molar-refractivity contribution >= 4 is 40.1 Å². The number of imide groups is 1. The minimum Gasteiger partial charge on any atom is -0.406 e. The summed E-state index contributed by atoms with van der Waals surface area (Å²) >= 11 is 1.28. The smallest absolute Gasteiger partial charge is 0.406 e. The van der Waals surface area contributed by atoms with Crippen LogP contribution in [-0.2, 0) is 9.59 Å². The first-order valence-corrected chi connectivity index (χ1v) is 9.97. The van der Waals surface area contributed by atoms with Gasteiger partial charge in [0, 0.05) is 16.6 Å². The summed E-state index contributed by atoms with van der Waals surface area (Å²) in [5.74, 6) is -1.55. The highest BCUT2D eigenvalue weighted by atomic mass is 32.1. The molecule has 0 fully saturated rings. The van der Waals surface area contributed by atoms with Gasteiger partial charge >= 0.3 is 6.36 Å². The summed E-state index contributed by atoms with van der Waals surface area (Å²) in [4.78, 5) is 28.1. The number of aryl methyl sites for hydroxylation is 1. The molecule has 31 heavy (non-hydrogen) atoms. The summed E-state index contributed by atoms with van der Waals surface area (Å²) in [7, 11) is 0. The van der Waals surface area contributed by atoms with Gasteiger partial charge < -0.3 is 10.1 Å². The van der Waals surface area contributed by atoms with Gasteiger partial charge in [-0.05, 0) is 48.2 Å². The number of amides is 2. The largest absolute Gasteiger partial charge is 0.573 e. The van der Waals surface area contributed by atoms with E-state index in [2.05, 4.69) is 10.1 Å². The number of carbonyl (C=O) groups excluding carboxylic acids is 2. The first-order valence-electron chi connectivity index (χ1n) is 9.09. The second-order valence-electron chi connectivity index (χ2n) is 6.71. The standard InChI is InChI=1S/C22H15F3N2O3S/c1-13-5-2-7-15(11-13)27-20(28)18(17-9-4-10-31-17)19(21(27)29)26-14-6-3-8-16(12-14)30-22(23,24)25/h2-12,26H,1H3. The van der Waals surface area contributed by atoms with E-state index in [-0.39, 0.29) is 17.0 Å². The zero-order valence-electron chi connectivity index (χ0n) is 16.1. The highest BCUT2D eigenvalue weighted by Gasteiger charge is 2.40. The number of hydrogen-bond acceptors (Lipinski definition) is 5. The Morgan fingerprint density at radius 2 is 1.74 bits per heavy atom. The number of anilines is 2. The summed E-state index contributed by atoms with van der Waals surface area (Å²) in [6.07, 6.45) is -4.85. The van der Waals surface area contributed by atoms with E-state index >= 15 is 0 Å². The molecule has 2 amide bonds. The lowest BCUT2D eigenvalue weighted by atomic mass is 10.1. The molecule has 0 radical (unpaired) electrons. The molecule has 0 spiro atoms.